The van der Waals surface area contributed by atoms with Gasteiger partial charge in [-0.3, -0.25) is 9.48 Å². The highest BCUT2D eigenvalue weighted by atomic mass is 16.4. The number of nitrogens with one attached hydrogen (secondary N) is 1. The van der Waals surface area contributed by atoms with Crippen molar-refractivity contribution in [1.29, 1.82) is 0 Å². The van der Waals surface area contributed by atoms with Crippen molar-refractivity contribution in [3.05, 3.63) is 47.8 Å². The second-order valence-corrected chi connectivity index (χ2v) is 4.07. The van der Waals surface area contributed by atoms with Gasteiger partial charge in [-0.2, -0.15) is 5.10 Å². The normalized spacial score (nSPS) is 10.2. The fraction of sp³-hybridized carbons (Fsp3) is 0.154. The van der Waals surface area contributed by atoms with Crippen molar-refractivity contribution < 1.29 is 14.7 Å². The van der Waals surface area contributed by atoms with Crippen molar-refractivity contribution in [2.45, 2.75) is 13.5 Å². The summed E-state index contributed by atoms with van der Waals surface area (Å²) < 4.78 is 1.29. The molecule has 0 aliphatic carbocycles. The molecule has 0 radical (unpaired) electrons. The minimum absolute atomic E-state index is 0.0262. The molecule has 19 heavy (non-hydrogen) atoms. The number of amides is 1. The molecule has 1 amide bonds. The quantitative estimate of drug-likeness (QED) is 0.872. The number of aromatic carboxylic acids is 1. The molecule has 0 saturated heterocycles. The minimum atomic E-state index is -1.11. The molecular weight excluding hydrogens is 246 g/mol. The van der Waals surface area contributed by atoms with Gasteiger partial charge < -0.3 is 10.4 Å². The summed E-state index contributed by atoms with van der Waals surface area (Å²) in [6.07, 6.45) is 1.46. The zero-order valence-corrected chi connectivity index (χ0v) is 10.3. The Morgan fingerprint density at radius 3 is 2.68 bits per heavy atom. The van der Waals surface area contributed by atoms with Gasteiger partial charge in [-0.25, -0.2) is 4.79 Å². The Kier molecular flexibility index (Phi) is 3.61. The Labute approximate surface area is 109 Å². The lowest BCUT2D eigenvalue weighted by molar-refractivity contribution is -0.116. The molecule has 0 aliphatic rings. The molecule has 0 bridgehead atoms. The largest absolute Gasteiger partial charge is 0.476 e. The average molecular weight is 259 g/mol. The Morgan fingerprint density at radius 2 is 2.05 bits per heavy atom. The first kappa shape index (κ1) is 12.8. The van der Waals surface area contributed by atoms with E-state index in [4.69, 9.17) is 5.11 Å². The molecule has 1 heterocycles. The van der Waals surface area contributed by atoms with Crippen LogP contribution in [-0.4, -0.2) is 26.8 Å². The predicted molar refractivity (Wildman–Crippen MR) is 69.0 cm³/mol. The van der Waals surface area contributed by atoms with Gasteiger partial charge in [-0.15, -0.1) is 0 Å². The lowest BCUT2D eigenvalue weighted by atomic mass is 10.2. The van der Waals surface area contributed by atoms with Crippen LogP contribution in [-0.2, 0) is 11.3 Å². The monoisotopic (exact) mass is 259 g/mol. The first-order valence-corrected chi connectivity index (χ1v) is 5.68. The molecule has 0 aliphatic heterocycles. The highest BCUT2D eigenvalue weighted by molar-refractivity contribution is 5.91. The van der Waals surface area contributed by atoms with Crippen LogP contribution in [0.15, 0.2) is 36.5 Å². The van der Waals surface area contributed by atoms with Crippen LogP contribution >= 0.6 is 0 Å². The number of carboxylic acids is 1. The molecule has 2 aromatic rings. The number of carbonyl (C=O) groups excluding carboxylic acids is 1. The SMILES string of the molecule is Cc1ccccc1NC(=O)Cn1ccc(C(=O)O)n1. The number of aryl methyl sites for hydroxylation is 1. The summed E-state index contributed by atoms with van der Waals surface area (Å²) in [7, 11) is 0. The first-order valence-electron chi connectivity index (χ1n) is 5.68. The zero-order chi connectivity index (χ0) is 13.8. The third-order valence-electron chi connectivity index (χ3n) is 2.58. The standard InChI is InChI=1S/C13H13N3O3/c1-9-4-2-3-5-10(9)14-12(17)8-16-7-6-11(15-16)13(18)19/h2-7H,8H2,1H3,(H,14,17)(H,18,19). The summed E-state index contributed by atoms with van der Waals surface area (Å²) in [6.45, 7) is 1.87. The fourth-order valence-corrected chi connectivity index (χ4v) is 1.61. The van der Waals surface area contributed by atoms with E-state index in [-0.39, 0.29) is 18.1 Å². The van der Waals surface area contributed by atoms with Gasteiger partial charge in [0.05, 0.1) is 0 Å². The average Bonchev–Trinajstić information content (AvgIpc) is 2.80. The molecule has 0 unspecified atom stereocenters. The summed E-state index contributed by atoms with van der Waals surface area (Å²) >= 11 is 0. The Bertz CT molecular complexity index is 619. The lowest BCUT2D eigenvalue weighted by Gasteiger charge is -2.07. The number of benzene rings is 1. The second kappa shape index (κ2) is 5.34. The van der Waals surface area contributed by atoms with E-state index in [9.17, 15) is 9.59 Å². The third kappa shape index (κ3) is 3.19. The molecule has 0 spiro atoms. The van der Waals surface area contributed by atoms with Crippen molar-refractivity contribution in [3.63, 3.8) is 0 Å². The molecule has 98 valence electrons. The highest BCUT2D eigenvalue weighted by Crippen LogP contribution is 2.12. The van der Waals surface area contributed by atoms with Crippen LogP contribution in [0.25, 0.3) is 0 Å². The molecule has 2 rings (SSSR count). The van der Waals surface area contributed by atoms with Crippen molar-refractivity contribution in [1.82, 2.24) is 9.78 Å². The number of hydrogen-bond acceptors (Lipinski definition) is 3. The topological polar surface area (TPSA) is 84.2 Å². The van der Waals surface area contributed by atoms with E-state index in [1.165, 1.54) is 16.9 Å². The maximum atomic E-state index is 11.8. The first-order chi connectivity index (χ1) is 9.06. The summed E-state index contributed by atoms with van der Waals surface area (Å²) in [5.41, 5.74) is 1.62. The van der Waals surface area contributed by atoms with Gasteiger partial charge in [-0.05, 0) is 24.6 Å². The van der Waals surface area contributed by atoms with Crippen molar-refractivity contribution in [2.75, 3.05) is 5.32 Å². The van der Waals surface area contributed by atoms with Gasteiger partial charge in [0.1, 0.15) is 6.54 Å². The molecule has 6 nitrogen and oxygen atoms in total. The summed E-state index contributed by atoms with van der Waals surface area (Å²) in [5, 5.41) is 15.2. The summed E-state index contributed by atoms with van der Waals surface area (Å²) in [5.74, 6) is -1.37. The molecule has 2 N–H and O–H groups in total. The second-order valence-electron chi connectivity index (χ2n) is 4.07. The van der Waals surface area contributed by atoms with E-state index in [0.29, 0.717) is 0 Å². The number of hydrogen-bond donors (Lipinski definition) is 2. The molecule has 0 saturated carbocycles. The van der Waals surface area contributed by atoms with Crippen LogP contribution in [0.1, 0.15) is 16.1 Å². The lowest BCUT2D eigenvalue weighted by Crippen LogP contribution is -2.19. The van der Waals surface area contributed by atoms with Crippen molar-refractivity contribution in [3.8, 4) is 0 Å². The number of anilines is 1. The molecule has 6 heteroatoms. The molecule has 1 aromatic heterocycles. The van der Waals surface area contributed by atoms with E-state index in [1.54, 1.807) is 6.07 Å². The van der Waals surface area contributed by atoms with Gasteiger partial charge in [0.15, 0.2) is 5.69 Å². The maximum absolute atomic E-state index is 11.8. The van der Waals surface area contributed by atoms with Gasteiger partial charge in [0, 0.05) is 11.9 Å². The Balaban J connectivity index is 2.01. The molecule has 0 fully saturated rings. The van der Waals surface area contributed by atoms with Gasteiger partial charge in [0.25, 0.3) is 0 Å². The molecule has 0 atom stereocenters. The number of carboxylic acid groups (broad SMARTS) is 1. The maximum Gasteiger partial charge on any atom is 0.356 e. The summed E-state index contributed by atoms with van der Waals surface area (Å²) in [6, 6.07) is 8.77. The minimum Gasteiger partial charge on any atom is -0.476 e. The van der Waals surface area contributed by atoms with Crippen LogP contribution in [0.5, 0.6) is 0 Å². The van der Waals surface area contributed by atoms with E-state index in [1.807, 2.05) is 25.1 Å². The molecule has 1 aromatic carbocycles. The van der Waals surface area contributed by atoms with Gasteiger partial charge >= 0.3 is 5.97 Å². The van der Waals surface area contributed by atoms with Crippen LogP contribution in [0.3, 0.4) is 0 Å². The van der Waals surface area contributed by atoms with E-state index < -0.39 is 5.97 Å². The van der Waals surface area contributed by atoms with Gasteiger partial charge in [-0.1, -0.05) is 18.2 Å². The van der Waals surface area contributed by atoms with Crippen LogP contribution < -0.4 is 5.32 Å². The van der Waals surface area contributed by atoms with Crippen LogP contribution in [0, 0.1) is 6.92 Å². The van der Waals surface area contributed by atoms with Crippen LogP contribution in [0.4, 0.5) is 5.69 Å². The summed E-state index contributed by atoms with van der Waals surface area (Å²) in [4.78, 5) is 22.5. The highest BCUT2D eigenvalue weighted by Gasteiger charge is 2.09. The zero-order valence-electron chi connectivity index (χ0n) is 10.3. The van der Waals surface area contributed by atoms with E-state index >= 15 is 0 Å². The van der Waals surface area contributed by atoms with Crippen molar-refractivity contribution >= 4 is 17.6 Å². The number of carbonyl (C=O) groups is 2. The number of aromatic nitrogens is 2. The smallest absolute Gasteiger partial charge is 0.356 e. The Hall–Kier alpha value is -2.63. The number of rotatable bonds is 4. The van der Waals surface area contributed by atoms with Crippen molar-refractivity contribution in [2.24, 2.45) is 0 Å². The Morgan fingerprint density at radius 1 is 1.32 bits per heavy atom. The fourth-order valence-electron chi connectivity index (χ4n) is 1.61. The predicted octanol–water partition coefficient (Wildman–Crippen LogP) is 1.53. The van der Waals surface area contributed by atoms with Gasteiger partial charge in [0.2, 0.25) is 5.91 Å². The van der Waals surface area contributed by atoms with Crippen LogP contribution in [0.2, 0.25) is 0 Å². The van der Waals surface area contributed by atoms with E-state index in [2.05, 4.69) is 10.4 Å². The number of para-hydroxylation sites is 1. The van der Waals surface area contributed by atoms with E-state index in [0.717, 1.165) is 11.3 Å². The number of nitrogens with zero attached hydrogens (tertiary/aromatic N) is 2. The third-order valence-corrected chi connectivity index (χ3v) is 2.58. The molecular formula is C13H13N3O3.